The van der Waals surface area contributed by atoms with E-state index < -0.39 is 0 Å². The molecule has 0 saturated carbocycles. The Morgan fingerprint density at radius 3 is 2.62 bits per heavy atom. The third-order valence-electron chi connectivity index (χ3n) is 3.75. The lowest BCUT2D eigenvalue weighted by Gasteiger charge is -2.30. The molecule has 2 rings (SSSR count). The van der Waals surface area contributed by atoms with E-state index >= 15 is 0 Å². The van der Waals surface area contributed by atoms with Gasteiger partial charge in [0.25, 0.3) is 0 Å². The molecule has 0 atom stereocenters. The quantitative estimate of drug-likeness (QED) is 0.615. The fourth-order valence-electron chi connectivity index (χ4n) is 2.48. The SMILES string of the molecule is CCCC/C(=N/c1ccccc1N1CCOCC1)N(C)C. The molecule has 0 amide bonds. The molecule has 0 N–H and O–H groups in total. The normalized spacial score (nSPS) is 16.1. The summed E-state index contributed by atoms with van der Waals surface area (Å²) in [5.41, 5.74) is 2.29. The summed E-state index contributed by atoms with van der Waals surface area (Å²) in [5, 5.41) is 0. The van der Waals surface area contributed by atoms with Gasteiger partial charge in [0.15, 0.2) is 0 Å². The Bertz CT molecular complexity index is 465. The van der Waals surface area contributed by atoms with E-state index in [0.717, 1.165) is 44.2 Å². The molecule has 1 aliphatic heterocycles. The largest absolute Gasteiger partial charge is 0.378 e. The smallest absolute Gasteiger partial charge is 0.104 e. The van der Waals surface area contributed by atoms with Gasteiger partial charge in [-0.1, -0.05) is 25.5 Å². The summed E-state index contributed by atoms with van der Waals surface area (Å²) >= 11 is 0. The predicted molar refractivity (Wildman–Crippen MR) is 89.8 cm³/mol. The molecule has 1 heterocycles. The minimum absolute atomic E-state index is 0.800. The van der Waals surface area contributed by atoms with E-state index in [2.05, 4.69) is 55.1 Å². The number of morpholine rings is 1. The van der Waals surface area contributed by atoms with Gasteiger partial charge in [-0.3, -0.25) is 0 Å². The van der Waals surface area contributed by atoms with E-state index in [1.807, 2.05) is 0 Å². The summed E-state index contributed by atoms with van der Waals surface area (Å²) in [6.07, 6.45) is 3.40. The van der Waals surface area contributed by atoms with Gasteiger partial charge in [0.2, 0.25) is 0 Å². The number of anilines is 1. The number of amidine groups is 1. The molecule has 0 spiro atoms. The fraction of sp³-hybridized carbons (Fsp3) is 0.588. The van der Waals surface area contributed by atoms with Crippen LogP contribution in [0.15, 0.2) is 29.3 Å². The van der Waals surface area contributed by atoms with Crippen molar-refractivity contribution in [3.8, 4) is 0 Å². The third kappa shape index (κ3) is 4.46. The van der Waals surface area contributed by atoms with E-state index in [-0.39, 0.29) is 0 Å². The van der Waals surface area contributed by atoms with Crippen molar-refractivity contribution in [2.24, 2.45) is 4.99 Å². The molecule has 1 fully saturated rings. The first-order valence-corrected chi connectivity index (χ1v) is 7.89. The van der Waals surface area contributed by atoms with Crippen molar-refractivity contribution < 1.29 is 4.74 Å². The number of nitrogens with zero attached hydrogens (tertiary/aromatic N) is 3. The number of hydrogen-bond donors (Lipinski definition) is 0. The van der Waals surface area contributed by atoms with Crippen molar-refractivity contribution in [2.45, 2.75) is 26.2 Å². The van der Waals surface area contributed by atoms with Gasteiger partial charge in [0, 0.05) is 33.6 Å². The van der Waals surface area contributed by atoms with E-state index in [4.69, 9.17) is 9.73 Å². The molecule has 0 unspecified atom stereocenters. The number of ether oxygens (including phenoxy) is 1. The number of para-hydroxylation sites is 2. The number of unbranched alkanes of at least 4 members (excludes halogenated alkanes) is 1. The number of hydrogen-bond acceptors (Lipinski definition) is 3. The predicted octanol–water partition coefficient (Wildman–Crippen LogP) is 3.31. The topological polar surface area (TPSA) is 28.1 Å². The van der Waals surface area contributed by atoms with Gasteiger partial charge in [-0.05, 0) is 18.6 Å². The van der Waals surface area contributed by atoms with Crippen LogP contribution in [-0.4, -0.2) is 51.1 Å². The molecule has 1 aromatic carbocycles. The monoisotopic (exact) mass is 289 g/mol. The molecule has 1 aliphatic rings. The maximum absolute atomic E-state index is 5.45. The van der Waals surface area contributed by atoms with Gasteiger partial charge in [-0.15, -0.1) is 0 Å². The summed E-state index contributed by atoms with van der Waals surface area (Å²) in [7, 11) is 4.15. The summed E-state index contributed by atoms with van der Waals surface area (Å²) in [5.74, 6) is 1.15. The van der Waals surface area contributed by atoms with Crippen LogP contribution in [0.5, 0.6) is 0 Å². The van der Waals surface area contributed by atoms with E-state index in [1.54, 1.807) is 0 Å². The molecule has 1 saturated heterocycles. The number of aliphatic imine (C=N–C) groups is 1. The highest BCUT2D eigenvalue weighted by atomic mass is 16.5. The van der Waals surface area contributed by atoms with Crippen LogP contribution in [0.3, 0.4) is 0 Å². The molecule has 4 heteroatoms. The minimum atomic E-state index is 0.800. The first kappa shape index (κ1) is 15.8. The lowest BCUT2D eigenvalue weighted by molar-refractivity contribution is 0.123. The van der Waals surface area contributed by atoms with Gasteiger partial charge in [-0.2, -0.15) is 0 Å². The van der Waals surface area contributed by atoms with Gasteiger partial charge in [0.05, 0.1) is 24.6 Å². The van der Waals surface area contributed by atoms with Crippen LogP contribution in [-0.2, 0) is 4.74 Å². The van der Waals surface area contributed by atoms with Crippen LogP contribution in [0.25, 0.3) is 0 Å². The Morgan fingerprint density at radius 1 is 1.24 bits per heavy atom. The molecule has 21 heavy (non-hydrogen) atoms. The van der Waals surface area contributed by atoms with Gasteiger partial charge < -0.3 is 14.5 Å². The second kappa shape index (κ2) is 8.03. The van der Waals surface area contributed by atoms with Crippen molar-refractivity contribution >= 4 is 17.2 Å². The molecular weight excluding hydrogens is 262 g/mol. The van der Waals surface area contributed by atoms with Crippen LogP contribution in [0.4, 0.5) is 11.4 Å². The Labute approximate surface area is 128 Å². The van der Waals surface area contributed by atoms with Gasteiger partial charge in [-0.25, -0.2) is 4.99 Å². The highest BCUT2D eigenvalue weighted by Gasteiger charge is 2.14. The van der Waals surface area contributed by atoms with Crippen molar-refractivity contribution in [1.29, 1.82) is 0 Å². The number of rotatable bonds is 5. The van der Waals surface area contributed by atoms with Crippen molar-refractivity contribution in [3.63, 3.8) is 0 Å². The summed E-state index contributed by atoms with van der Waals surface area (Å²) < 4.78 is 5.45. The molecule has 116 valence electrons. The standard InChI is InChI=1S/C17H27N3O/c1-4-5-10-17(19(2)3)18-15-8-6-7-9-16(15)20-11-13-21-14-12-20/h6-9H,4-5,10-14H2,1-3H3/b18-17-. The average molecular weight is 289 g/mol. The molecule has 0 bridgehead atoms. The second-order valence-electron chi connectivity index (χ2n) is 5.61. The molecular formula is C17H27N3O. The zero-order valence-corrected chi connectivity index (χ0v) is 13.5. The summed E-state index contributed by atoms with van der Waals surface area (Å²) in [4.78, 5) is 9.43. The van der Waals surface area contributed by atoms with Crippen LogP contribution < -0.4 is 4.90 Å². The summed E-state index contributed by atoms with van der Waals surface area (Å²) in [6, 6.07) is 8.43. The molecule has 1 aromatic rings. The maximum atomic E-state index is 5.45. The molecule has 0 aliphatic carbocycles. The Balaban J connectivity index is 2.24. The van der Waals surface area contributed by atoms with Crippen molar-refractivity contribution in [2.75, 3.05) is 45.3 Å². The average Bonchev–Trinajstić information content (AvgIpc) is 2.52. The van der Waals surface area contributed by atoms with E-state index in [9.17, 15) is 0 Å². The van der Waals surface area contributed by atoms with Crippen LogP contribution in [0, 0.1) is 0 Å². The maximum Gasteiger partial charge on any atom is 0.104 e. The van der Waals surface area contributed by atoms with E-state index in [1.165, 1.54) is 18.5 Å². The molecule has 4 nitrogen and oxygen atoms in total. The van der Waals surface area contributed by atoms with Crippen LogP contribution in [0.1, 0.15) is 26.2 Å². The highest BCUT2D eigenvalue weighted by molar-refractivity contribution is 5.86. The zero-order chi connectivity index (χ0) is 15.1. The second-order valence-corrected chi connectivity index (χ2v) is 5.61. The summed E-state index contributed by atoms with van der Waals surface area (Å²) in [6.45, 7) is 5.70. The third-order valence-corrected chi connectivity index (χ3v) is 3.75. The Hall–Kier alpha value is -1.55. The fourth-order valence-corrected chi connectivity index (χ4v) is 2.48. The Kier molecular flexibility index (Phi) is 6.05. The van der Waals surface area contributed by atoms with Crippen LogP contribution in [0.2, 0.25) is 0 Å². The molecule has 0 radical (unpaired) electrons. The Morgan fingerprint density at radius 2 is 1.95 bits per heavy atom. The van der Waals surface area contributed by atoms with Gasteiger partial charge in [0.1, 0.15) is 5.84 Å². The lowest BCUT2D eigenvalue weighted by atomic mass is 10.2. The zero-order valence-electron chi connectivity index (χ0n) is 13.5. The lowest BCUT2D eigenvalue weighted by Crippen LogP contribution is -2.36. The molecule has 0 aromatic heterocycles. The minimum Gasteiger partial charge on any atom is -0.378 e. The first-order valence-electron chi connectivity index (χ1n) is 7.89. The van der Waals surface area contributed by atoms with Crippen LogP contribution >= 0.6 is 0 Å². The van der Waals surface area contributed by atoms with Crippen molar-refractivity contribution in [1.82, 2.24) is 4.90 Å². The first-order chi connectivity index (χ1) is 10.2. The van der Waals surface area contributed by atoms with E-state index in [0.29, 0.717) is 0 Å². The van der Waals surface area contributed by atoms with Crippen molar-refractivity contribution in [3.05, 3.63) is 24.3 Å². The van der Waals surface area contributed by atoms with Gasteiger partial charge >= 0.3 is 0 Å². The highest BCUT2D eigenvalue weighted by Crippen LogP contribution is 2.29. The number of benzene rings is 1.